The zero-order chi connectivity index (χ0) is 23.4. The number of aromatic hydroxyl groups is 1. The highest BCUT2D eigenvalue weighted by Crippen LogP contribution is 2.24. The number of pyridine rings is 1. The summed E-state index contributed by atoms with van der Waals surface area (Å²) < 4.78 is 26.6. The van der Waals surface area contributed by atoms with E-state index in [0.29, 0.717) is 10.6 Å². The topological polar surface area (TPSA) is 117 Å². The summed E-state index contributed by atoms with van der Waals surface area (Å²) in [4.78, 5) is 26.6. The standard InChI is InChI=1S/C22H20ClN5O4S/c23-19-2-1-17(20(29)13-19)5-12-33(31,32)28-10-8-27(9-11-28)22(30)21-25-14-18(15-26-21)16-3-6-24-7-4-16/h1-7,12-15,29H,8-11H2/b12-5+. The molecule has 11 heteroatoms. The minimum atomic E-state index is -3.72. The van der Waals surface area contributed by atoms with Crippen molar-refractivity contribution in [2.24, 2.45) is 0 Å². The fourth-order valence-electron chi connectivity index (χ4n) is 3.32. The Bertz CT molecular complexity index is 1280. The Morgan fingerprint density at radius 2 is 1.67 bits per heavy atom. The maximum absolute atomic E-state index is 12.7. The second-order valence-electron chi connectivity index (χ2n) is 7.27. The van der Waals surface area contributed by atoms with Crippen LogP contribution in [0, 0.1) is 0 Å². The number of carbonyl (C=O) groups is 1. The molecule has 1 N–H and O–H groups in total. The van der Waals surface area contributed by atoms with Gasteiger partial charge in [0.05, 0.1) is 0 Å². The Hall–Kier alpha value is -3.34. The predicted octanol–water partition coefficient (Wildman–Crippen LogP) is 2.66. The van der Waals surface area contributed by atoms with Gasteiger partial charge < -0.3 is 10.0 Å². The molecule has 0 atom stereocenters. The zero-order valence-electron chi connectivity index (χ0n) is 17.4. The first-order valence-corrected chi connectivity index (χ1v) is 11.9. The molecule has 0 unspecified atom stereocenters. The monoisotopic (exact) mass is 485 g/mol. The number of phenolic OH excluding ortho intramolecular Hbond substituents is 1. The maximum Gasteiger partial charge on any atom is 0.291 e. The van der Waals surface area contributed by atoms with Gasteiger partial charge in [0, 0.05) is 72.5 Å². The molecule has 1 saturated heterocycles. The highest BCUT2D eigenvalue weighted by Gasteiger charge is 2.28. The molecule has 1 aliphatic rings. The van der Waals surface area contributed by atoms with Crippen LogP contribution in [0.5, 0.6) is 5.75 Å². The third-order valence-electron chi connectivity index (χ3n) is 5.15. The molecule has 0 saturated carbocycles. The number of halogens is 1. The fraction of sp³-hybridized carbons (Fsp3) is 0.182. The quantitative estimate of drug-likeness (QED) is 0.590. The largest absolute Gasteiger partial charge is 0.507 e. The highest BCUT2D eigenvalue weighted by atomic mass is 35.5. The molecule has 9 nitrogen and oxygen atoms in total. The van der Waals surface area contributed by atoms with Crippen LogP contribution in [0.1, 0.15) is 16.2 Å². The molecule has 0 aliphatic carbocycles. The van der Waals surface area contributed by atoms with Crippen LogP contribution in [-0.4, -0.2) is 69.8 Å². The number of benzene rings is 1. The predicted molar refractivity (Wildman–Crippen MR) is 124 cm³/mol. The van der Waals surface area contributed by atoms with Gasteiger partial charge in [-0.05, 0) is 42.0 Å². The Morgan fingerprint density at radius 1 is 1.00 bits per heavy atom. The van der Waals surface area contributed by atoms with Crippen molar-refractivity contribution in [3.63, 3.8) is 0 Å². The fourth-order valence-corrected chi connectivity index (χ4v) is 4.65. The second kappa shape index (κ2) is 9.65. The smallest absolute Gasteiger partial charge is 0.291 e. The van der Waals surface area contributed by atoms with Crippen LogP contribution in [0.15, 0.2) is 60.5 Å². The number of piperazine rings is 1. The lowest BCUT2D eigenvalue weighted by molar-refractivity contribution is 0.0686. The minimum absolute atomic E-state index is 0.0576. The van der Waals surface area contributed by atoms with Gasteiger partial charge in [0.25, 0.3) is 5.91 Å². The molecule has 33 heavy (non-hydrogen) atoms. The van der Waals surface area contributed by atoms with Crippen LogP contribution in [0.2, 0.25) is 5.02 Å². The van der Waals surface area contributed by atoms with Crippen LogP contribution >= 0.6 is 11.6 Å². The number of hydrogen-bond donors (Lipinski definition) is 1. The van der Waals surface area contributed by atoms with Crippen molar-refractivity contribution < 1.29 is 18.3 Å². The summed E-state index contributed by atoms with van der Waals surface area (Å²) in [6, 6.07) is 8.07. The van der Waals surface area contributed by atoms with Crippen molar-refractivity contribution in [3.8, 4) is 16.9 Å². The number of amides is 1. The van der Waals surface area contributed by atoms with Crippen molar-refractivity contribution in [3.05, 3.63) is 76.9 Å². The van der Waals surface area contributed by atoms with Crippen molar-refractivity contribution in [2.75, 3.05) is 26.2 Å². The summed E-state index contributed by atoms with van der Waals surface area (Å²) in [5, 5.41) is 11.3. The van der Waals surface area contributed by atoms with E-state index in [1.807, 2.05) is 12.1 Å². The average molecular weight is 486 g/mol. The van der Waals surface area contributed by atoms with Crippen molar-refractivity contribution in [1.82, 2.24) is 24.2 Å². The minimum Gasteiger partial charge on any atom is -0.507 e. The number of carbonyl (C=O) groups excluding carboxylic acids is 1. The number of sulfonamides is 1. The lowest BCUT2D eigenvalue weighted by Gasteiger charge is -2.32. The maximum atomic E-state index is 12.7. The molecule has 4 rings (SSSR count). The van der Waals surface area contributed by atoms with Gasteiger partial charge in [0.15, 0.2) is 0 Å². The van der Waals surface area contributed by atoms with E-state index in [2.05, 4.69) is 15.0 Å². The molecular formula is C22H20ClN5O4S. The summed E-state index contributed by atoms with van der Waals surface area (Å²) in [6.07, 6.45) is 7.79. The average Bonchev–Trinajstić information content (AvgIpc) is 2.84. The Kier molecular flexibility index (Phi) is 6.68. The van der Waals surface area contributed by atoms with Crippen LogP contribution in [0.3, 0.4) is 0 Å². The first-order chi connectivity index (χ1) is 15.8. The third kappa shape index (κ3) is 5.36. The van der Waals surface area contributed by atoms with E-state index in [0.717, 1.165) is 16.5 Å². The molecule has 170 valence electrons. The molecule has 3 heterocycles. The van der Waals surface area contributed by atoms with Crippen LogP contribution in [0.4, 0.5) is 0 Å². The Balaban J connectivity index is 1.37. The van der Waals surface area contributed by atoms with E-state index in [-0.39, 0.29) is 43.7 Å². The molecule has 0 spiro atoms. The summed E-state index contributed by atoms with van der Waals surface area (Å²) >= 11 is 5.79. The summed E-state index contributed by atoms with van der Waals surface area (Å²) in [5.74, 6) is -0.406. The molecule has 3 aromatic rings. The van der Waals surface area contributed by atoms with Crippen molar-refractivity contribution in [1.29, 1.82) is 0 Å². The molecule has 1 amide bonds. The van der Waals surface area contributed by atoms with Crippen LogP contribution in [-0.2, 0) is 10.0 Å². The first kappa shape index (κ1) is 22.8. The summed E-state index contributed by atoms with van der Waals surface area (Å²) in [6.45, 7) is 0.710. The molecule has 1 aromatic carbocycles. The van der Waals surface area contributed by atoms with Gasteiger partial charge in [-0.2, -0.15) is 4.31 Å². The van der Waals surface area contributed by atoms with Gasteiger partial charge >= 0.3 is 0 Å². The number of hydrogen-bond acceptors (Lipinski definition) is 7. The van der Waals surface area contributed by atoms with E-state index in [4.69, 9.17) is 11.6 Å². The van der Waals surface area contributed by atoms with E-state index in [1.54, 1.807) is 30.9 Å². The number of phenols is 1. The lowest BCUT2D eigenvalue weighted by atomic mass is 10.1. The third-order valence-corrected chi connectivity index (χ3v) is 6.95. The van der Waals surface area contributed by atoms with Crippen molar-refractivity contribution >= 4 is 33.6 Å². The highest BCUT2D eigenvalue weighted by molar-refractivity contribution is 7.92. The first-order valence-electron chi connectivity index (χ1n) is 10.0. The van der Waals surface area contributed by atoms with Crippen LogP contribution in [0.25, 0.3) is 17.2 Å². The van der Waals surface area contributed by atoms with Crippen molar-refractivity contribution in [2.45, 2.75) is 0 Å². The van der Waals surface area contributed by atoms with Gasteiger partial charge in [-0.1, -0.05) is 11.6 Å². The normalized spacial score (nSPS) is 15.1. The van der Waals surface area contributed by atoms with Gasteiger partial charge in [0.2, 0.25) is 15.8 Å². The molecule has 0 bridgehead atoms. The van der Waals surface area contributed by atoms with Gasteiger partial charge in [-0.3, -0.25) is 9.78 Å². The molecule has 0 radical (unpaired) electrons. The number of aromatic nitrogens is 3. The summed E-state index contributed by atoms with van der Waals surface area (Å²) in [7, 11) is -3.72. The molecule has 1 aliphatic heterocycles. The molecule has 1 fully saturated rings. The molecule has 2 aromatic heterocycles. The second-order valence-corrected chi connectivity index (χ2v) is 9.53. The Labute approximate surface area is 196 Å². The van der Waals surface area contributed by atoms with E-state index >= 15 is 0 Å². The van der Waals surface area contributed by atoms with Gasteiger partial charge in [-0.25, -0.2) is 18.4 Å². The molecular weight excluding hydrogens is 466 g/mol. The number of rotatable bonds is 5. The lowest BCUT2D eigenvalue weighted by Crippen LogP contribution is -2.50. The van der Waals surface area contributed by atoms with E-state index < -0.39 is 10.0 Å². The Morgan fingerprint density at radius 3 is 2.30 bits per heavy atom. The van der Waals surface area contributed by atoms with E-state index in [9.17, 15) is 18.3 Å². The van der Waals surface area contributed by atoms with Crippen LogP contribution < -0.4 is 0 Å². The van der Waals surface area contributed by atoms with Gasteiger partial charge in [-0.15, -0.1) is 0 Å². The summed E-state index contributed by atoms with van der Waals surface area (Å²) in [5.41, 5.74) is 2.00. The number of nitrogens with zero attached hydrogens (tertiary/aromatic N) is 5. The SMILES string of the molecule is O=C(c1ncc(-c2ccncc2)cn1)N1CCN(S(=O)(=O)/C=C/c2ccc(Cl)cc2O)CC1. The zero-order valence-corrected chi connectivity index (χ0v) is 18.9. The van der Waals surface area contributed by atoms with Gasteiger partial charge in [0.1, 0.15) is 5.75 Å². The van der Waals surface area contributed by atoms with E-state index in [1.165, 1.54) is 27.4 Å².